The molecule has 5 heteroatoms. The number of fused-ring (bicyclic) bond motifs is 3. The second-order valence-electron chi connectivity index (χ2n) is 8.35. The zero-order valence-electron chi connectivity index (χ0n) is 18.0. The maximum Gasteiger partial charge on any atom is 0.334 e. The molecule has 2 amide bonds. The second-order valence-corrected chi connectivity index (χ2v) is 9.44. The first-order valence-electron chi connectivity index (χ1n) is 10.3. The number of hydrogen-bond acceptors (Lipinski definition) is 3. The van der Waals surface area contributed by atoms with Crippen LogP contribution >= 0.6 is 11.8 Å². The summed E-state index contributed by atoms with van der Waals surface area (Å²) in [6.07, 6.45) is 2.16. The SMILES string of the molecule is COc1ccc2c(c1)C(C)=CC(C)(C)N2C(=O)N1c2ccccc2Sc2ccccc21. The van der Waals surface area contributed by atoms with E-state index in [1.807, 2.05) is 64.4 Å². The third kappa shape index (κ3) is 3.12. The Bertz CT molecular complexity index is 1190. The van der Waals surface area contributed by atoms with Crippen molar-refractivity contribution in [3.63, 3.8) is 0 Å². The quantitative estimate of drug-likeness (QED) is 0.414. The van der Waals surface area contributed by atoms with Crippen molar-refractivity contribution in [2.24, 2.45) is 0 Å². The highest BCUT2D eigenvalue weighted by Gasteiger charge is 2.40. The lowest BCUT2D eigenvalue weighted by atomic mass is 9.89. The van der Waals surface area contributed by atoms with Crippen molar-refractivity contribution in [1.82, 2.24) is 0 Å². The number of rotatable bonds is 1. The average Bonchev–Trinajstić information content (AvgIpc) is 2.76. The van der Waals surface area contributed by atoms with Crippen LogP contribution in [0.5, 0.6) is 5.75 Å². The van der Waals surface area contributed by atoms with Crippen molar-refractivity contribution in [3.05, 3.63) is 78.4 Å². The van der Waals surface area contributed by atoms with Gasteiger partial charge >= 0.3 is 6.03 Å². The zero-order chi connectivity index (χ0) is 21.8. The molecule has 0 spiro atoms. The van der Waals surface area contributed by atoms with Gasteiger partial charge in [-0.2, -0.15) is 0 Å². The maximum absolute atomic E-state index is 14.3. The second kappa shape index (κ2) is 7.20. The summed E-state index contributed by atoms with van der Waals surface area (Å²) in [7, 11) is 1.66. The number of hydrogen-bond donors (Lipinski definition) is 0. The number of nitrogens with zero attached hydrogens (tertiary/aromatic N) is 2. The van der Waals surface area contributed by atoms with Crippen LogP contribution in [0.1, 0.15) is 26.3 Å². The van der Waals surface area contributed by atoms with Gasteiger partial charge in [0.05, 0.1) is 29.7 Å². The molecule has 0 aromatic heterocycles. The molecule has 31 heavy (non-hydrogen) atoms. The van der Waals surface area contributed by atoms with Crippen LogP contribution in [0.25, 0.3) is 5.57 Å². The minimum atomic E-state index is -0.489. The normalized spacial score (nSPS) is 16.1. The van der Waals surface area contributed by atoms with Crippen molar-refractivity contribution >= 4 is 40.4 Å². The minimum Gasteiger partial charge on any atom is -0.497 e. The van der Waals surface area contributed by atoms with Crippen LogP contribution in [0.4, 0.5) is 21.9 Å². The highest BCUT2D eigenvalue weighted by molar-refractivity contribution is 7.99. The topological polar surface area (TPSA) is 32.8 Å². The van der Waals surface area contributed by atoms with E-state index in [1.165, 1.54) is 0 Å². The van der Waals surface area contributed by atoms with Gasteiger partial charge in [-0.25, -0.2) is 4.79 Å². The molecule has 0 fully saturated rings. The Labute approximate surface area is 187 Å². The largest absolute Gasteiger partial charge is 0.497 e. The van der Waals surface area contributed by atoms with Gasteiger partial charge in [-0.05, 0) is 68.8 Å². The molecule has 0 saturated heterocycles. The molecule has 0 radical (unpaired) electrons. The van der Waals surface area contributed by atoms with Gasteiger partial charge in [0.25, 0.3) is 0 Å². The van der Waals surface area contributed by atoms with Gasteiger partial charge in [0.15, 0.2) is 0 Å². The Hall–Kier alpha value is -3.18. The van der Waals surface area contributed by atoms with Crippen molar-refractivity contribution in [2.45, 2.75) is 36.1 Å². The molecule has 2 heterocycles. The molecule has 0 saturated carbocycles. The molecule has 2 aliphatic rings. The Morgan fingerprint density at radius 2 is 1.52 bits per heavy atom. The molecule has 0 unspecified atom stereocenters. The van der Waals surface area contributed by atoms with Gasteiger partial charge in [-0.1, -0.05) is 42.1 Å². The van der Waals surface area contributed by atoms with Crippen molar-refractivity contribution in [3.8, 4) is 5.75 Å². The number of allylic oxidation sites excluding steroid dienone is 1. The van der Waals surface area contributed by atoms with Crippen LogP contribution in [-0.4, -0.2) is 18.7 Å². The molecule has 3 aromatic rings. The fourth-order valence-corrected chi connectivity index (χ4v) is 5.55. The number of anilines is 3. The molecular formula is C26H24N2O2S. The number of carbonyl (C=O) groups excluding carboxylic acids is 1. The van der Waals surface area contributed by atoms with Crippen LogP contribution in [0, 0.1) is 0 Å². The number of para-hydroxylation sites is 2. The molecule has 4 nitrogen and oxygen atoms in total. The Kier molecular flexibility index (Phi) is 4.59. The number of benzene rings is 3. The van der Waals surface area contributed by atoms with Crippen LogP contribution in [0.2, 0.25) is 0 Å². The van der Waals surface area contributed by atoms with Crippen molar-refractivity contribution < 1.29 is 9.53 Å². The molecule has 3 aromatic carbocycles. The molecule has 0 N–H and O–H groups in total. The number of amides is 2. The molecular weight excluding hydrogens is 404 g/mol. The summed E-state index contributed by atoms with van der Waals surface area (Å²) in [5.41, 5.74) is 4.38. The maximum atomic E-state index is 14.3. The number of urea groups is 1. The fourth-order valence-electron chi connectivity index (χ4n) is 4.50. The van der Waals surface area contributed by atoms with Crippen LogP contribution in [0.3, 0.4) is 0 Å². The third-order valence-corrected chi connectivity index (χ3v) is 6.96. The summed E-state index contributed by atoms with van der Waals surface area (Å²) in [6, 6.07) is 22.0. The fraction of sp³-hybridized carbons (Fsp3) is 0.192. The van der Waals surface area contributed by atoms with Gasteiger partial charge in [-0.15, -0.1) is 0 Å². The summed E-state index contributed by atoms with van der Waals surface area (Å²) in [4.78, 5) is 20.2. The number of carbonyl (C=O) groups is 1. The van der Waals surface area contributed by atoms with Gasteiger partial charge in [-0.3, -0.25) is 9.80 Å². The van der Waals surface area contributed by atoms with E-state index in [0.29, 0.717) is 0 Å². The van der Waals surface area contributed by atoms with Crippen molar-refractivity contribution in [2.75, 3.05) is 16.9 Å². The van der Waals surface area contributed by atoms with E-state index in [0.717, 1.165) is 43.7 Å². The van der Waals surface area contributed by atoms with Crippen molar-refractivity contribution in [1.29, 1.82) is 0 Å². The summed E-state index contributed by atoms with van der Waals surface area (Å²) in [5, 5.41) is 0. The minimum absolute atomic E-state index is 0.0691. The van der Waals surface area contributed by atoms with Gasteiger partial charge in [0, 0.05) is 15.4 Å². The van der Waals surface area contributed by atoms with Gasteiger partial charge in [0.2, 0.25) is 0 Å². The lowest BCUT2D eigenvalue weighted by Crippen LogP contribution is -2.53. The van der Waals surface area contributed by atoms with E-state index < -0.39 is 5.54 Å². The zero-order valence-corrected chi connectivity index (χ0v) is 18.9. The lowest BCUT2D eigenvalue weighted by Gasteiger charge is -2.44. The molecule has 156 valence electrons. The highest BCUT2D eigenvalue weighted by atomic mass is 32.2. The number of ether oxygens (including phenoxy) is 1. The van der Waals surface area contributed by atoms with E-state index in [4.69, 9.17) is 4.74 Å². The summed E-state index contributed by atoms with van der Waals surface area (Å²) in [5.74, 6) is 0.781. The predicted molar refractivity (Wildman–Crippen MR) is 128 cm³/mol. The summed E-state index contributed by atoms with van der Waals surface area (Å²) >= 11 is 1.70. The van der Waals surface area contributed by atoms with Crippen LogP contribution in [0.15, 0.2) is 82.6 Å². The monoisotopic (exact) mass is 428 g/mol. The van der Waals surface area contributed by atoms with Crippen LogP contribution in [-0.2, 0) is 0 Å². The Morgan fingerprint density at radius 1 is 0.903 bits per heavy atom. The smallest absolute Gasteiger partial charge is 0.334 e. The van der Waals surface area contributed by atoms with E-state index in [2.05, 4.69) is 39.0 Å². The molecule has 5 rings (SSSR count). The van der Waals surface area contributed by atoms with Gasteiger partial charge in [0.1, 0.15) is 5.75 Å². The summed E-state index contributed by atoms with van der Waals surface area (Å²) in [6.45, 7) is 6.25. The third-order valence-electron chi connectivity index (χ3n) is 5.83. The lowest BCUT2D eigenvalue weighted by molar-refractivity contribution is 0.249. The highest BCUT2D eigenvalue weighted by Crippen LogP contribution is 2.50. The number of methoxy groups -OCH3 is 1. The summed E-state index contributed by atoms with van der Waals surface area (Å²) < 4.78 is 5.44. The van der Waals surface area contributed by atoms with E-state index in [1.54, 1.807) is 18.9 Å². The van der Waals surface area contributed by atoms with Crippen LogP contribution < -0.4 is 14.5 Å². The Morgan fingerprint density at radius 3 is 2.13 bits per heavy atom. The Balaban J connectivity index is 1.69. The molecule has 0 bridgehead atoms. The van der Waals surface area contributed by atoms with E-state index in [9.17, 15) is 4.79 Å². The standard InChI is InChI=1S/C26H24N2O2S/c1-17-16-26(2,3)28(20-14-13-18(30-4)15-19(17)20)25(29)27-21-9-5-7-11-23(21)31-24-12-8-6-10-22(24)27/h5-16H,1-4H3. The molecule has 0 atom stereocenters. The first kappa shape index (κ1) is 19.8. The average molecular weight is 429 g/mol. The van der Waals surface area contributed by atoms with Gasteiger partial charge < -0.3 is 4.74 Å². The molecule has 0 aliphatic carbocycles. The van der Waals surface area contributed by atoms with E-state index >= 15 is 0 Å². The molecule has 2 aliphatic heterocycles. The first-order chi connectivity index (χ1) is 14.9. The predicted octanol–water partition coefficient (Wildman–Crippen LogP) is 7.12. The van der Waals surface area contributed by atoms with E-state index in [-0.39, 0.29) is 6.03 Å². The first-order valence-corrected chi connectivity index (χ1v) is 11.1.